The number of halogens is 2. The monoisotopic (exact) mass is 343 g/mol. The maximum atomic E-state index is 11.0. The molecule has 0 heterocycles. The molecule has 2 aromatic carbocycles. The van der Waals surface area contributed by atoms with E-state index in [2.05, 4.69) is 5.32 Å². The maximum absolute atomic E-state index is 11.0. The van der Waals surface area contributed by atoms with Crippen molar-refractivity contribution in [2.75, 3.05) is 18.4 Å². The summed E-state index contributed by atoms with van der Waals surface area (Å²) in [4.78, 5) is 10.5. The minimum absolute atomic E-state index is 0. The first-order valence-electron chi connectivity index (χ1n) is 6.26. The van der Waals surface area contributed by atoms with E-state index in [0.29, 0.717) is 30.3 Å². The number of nitro benzene ring substituents is 1. The summed E-state index contributed by atoms with van der Waals surface area (Å²) in [6, 6.07) is 11.8. The van der Waals surface area contributed by atoms with Gasteiger partial charge in [0, 0.05) is 25.2 Å². The van der Waals surface area contributed by atoms with E-state index in [1.807, 2.05) is 18.2 Å². The maximum Gasteiger partial charge on any atom is 0.294 e. The molecule has 0 aliphatic rings. The molecule has 6 nitrogen and oxygen atoms in total. The van der Waals surface area contributed by atoms with Crippen LogP contribution < -0.4 is 15.8 Å². The first-order valence-corrected chi connectivity index (χ1v) is 6.64. The zero-order chi connectivity index (χ0) is 15.2. The number of nitrogens with zero attached hydrogens (tertiary/aromatic N) is 1. The van der Waals surface area contributed by atoms with Gasteiger partial charge in [0.25, 0.3) is 5.69 Å². The highest BCUT2D eigenvalue weighted by molar-refractivity contribution is 6.32. The van der Waals surface area contributed by atoms with Crippen LogP contribution in [0.4, 0.5) is 11.4 Å². The van der Waals surface area contributed by atoms with Gasteiger partial charge in [-0.2, -0.15) is 0 Å². The van der Waals surface area contributed by atoms with Crippen LogP contribution in [0, 0.1) is 10.1 Å². The Labute approximate surface area is 138 Å². The van der Waals surface area contributed by atoms with Crippen LogP contribution in [0.15, 0.2) is 42.5 Å². The summed E-state index contributed by atoms with van der Waals surface area (Å²) in [5.41, 5.74) is 5.61. The zero-order valence-electron chi connectivity index (χ0n) is 11.5. The number of benzene rings is 2. The fourth-order valence-corrected chi connectivity index (χ4v) is 1.93. The third-order valence-corrected chi connectivity index (χ3v) is 2.97. The number of para-hydroxylation sites is 1. The summed E-state index contributed by atoms with van der Waals surface area (Å²) in [5.74, 6) is 0.936. The Kier molecular flexibility index (Phi) is 6.91. The predicted octanol–water partition coefficient (Wildman–Crippen LogP) is 3.83. The molecule has 0 unspecified atom stereocenters. The van der Waals surface area contributed by atoms with Crippen LogP contribution in [-0.4, -0.2) is 18.0 Å². The van der Waals surface area contributed by atoms with Crippen LogP contribution >= 0.6 is 24.0 Å². The number of anilines is 1. The van der Waals surface area contributed by atoms with Gasteiger partial charge in [-0.3, -0.25) is 10.1 Å². The van der Waals surface area contributed by atoms with Crippen LogP contribution in [0.1, 0.15) is 0 Å². The van der Waals surface area contributed by atoms with E-state index in [1.54, 1.807) is 12.1 Å². The van der Waals surface area contributed by atoms with Gasteiger partial charge < -0.3 is 15.8 Å². The Hall–Kier alpha value is -2.02. The van der Waals surface area contributed by atoms with Gasteiger partial charge in [0.1, 0.15) is 17.2 Å². The summed E-state index contributed by atoms with van der Waals surface area (Å²) >= 11 is 6.05. The lowest BCUT2D eigenvalue weighted by Gasteiger charge is -2.11. The highest BCUT2D eigenvalue weighted by Gasteiger charge is 2.18. The standard InChI is InChI=1S/C14H14ClN3O3.ClH/c15-11-8-13(18(19)20)12(17-7-6-16)9-14(11)21-10-4-2-1-3-5-10;/h1-5,8-9,17H,6-7,16H2;1H. The van der Waals surface area contributed by atoms with Gasteiger partial charge in [-0.15, -0.1) is 12.4 Å². The zero-order valence-corrected chi connectivity index (χ0v) is 13.1. The van der Waals surface area contributed by atoms with E-state index in [1.165, 1.54) is 12.1 Å². The predicted molar refractivity (Wildman–Crippen MR) is 89.4 cm³/mol. The van der Waals surface area contributed by atoms with Gasteiger partial charge in [0.15, 0.2) is 0 Å². The average molecular weight is 344 g/mol. The SMILES string of the molecule is Cl.NCCNc1cc(Oc2ccccc2)c(Cl)cc1[N+](=O)[O-]. The van der Waals surface area contributed by atoms with Crippen molar-refractivity contribution in [2.45, 2.75) is 0 Å². The summed E-state index contributed by atoms with van der Waals surface area (Å²) in [7, 11) is 0. The van der Waals surface area contributed by atoms with Crippen LogP contribution in [0.25, 0.3) is 0 Å². The van der Waals surface area contributed by atoms with E-state index < -0.39 is 4.92 Å². The number of nitro groups is 1. The molecule has 3 N–H and O–H groups in total. The van der Waals surface area contributed by atoms with Gasteiger partial charge in [0.2, 0.25) is 0 Å². The van der Waals surface area contributed by atoms with E-state index in [-0.39, 0.29) is 23.1 Å². The molecule has 0 bridgehead atoms. The van der Waals surface area contributed by atoms with Crippen LogP contribution in [0.2, 0.25) is 5.02 Å². The minimum Gasteiger partial charge on any atom is -0.456 e. The third-order valence-electron chi connectivity index (χ3n) is 2.68. The van der Waals surface area contributed by atoms with E-state index in [0.717, 1.165) is 0 Å². The molecule has 22 heavy (non-hydrogen) atoms. The van der Waals surface area contributed by atoms with Gasteiger partial charge in [-0.25, -0.2) is 0 Å². The Morgan fingerprint density at radius 1 is 1.27 bits per heavy atom. The number of ether oxygens (including phenoxy) is 1. The van der Waals surface area contributed by atoms with Crippen LogP contribution in [0.3, 0.4) is 0 Å². The highest BCUT2D eigenvalue weighted by Crippen LogP contribution is 2.37. The molecule has 0 spiro atoms. The smallest absolute Gasteiger partial charge is 0.294 e. The first-order chi connectivity index (χ1) is 10.1. The van der Waals surface area contributed by atoms with E-state index in [9.17, 15) is 10.1 Å². The second-order valence-corrected chi connectivity index (χ2v) is 4.59. The lowest BCUT2D eigenvalue weighted by Crippen LogP contribution is -2.14. The van der Waals surface area contributed by atoms with Crippen LogP contribution in [0.5, 0.6) is 11.5 Å². The van der Waals surface area contributed by atoms with Gasteiger partial charge in [0.05, 0.1) is 9.95 Å². The Bertz CT molecular complexity index is 639. The van der Waals surface area contributed by atoms with Crippen molar-refractivity contribution in [3.05, 3.63) is 57.6 Å². The van der Waals surface area contributed by atoms with Gasteiger partial charge >= 0.3 is 0 Å². The number of nitrogens with one attached hydrogen (secondary N) is 1. The quantitative estimate of drug-likeness (QED) is 0.614. The number of rotatable bonds is 6. The average Bonchev–Trinajstić information content (AvgIpc) is 2.48. The van der Waals surface area contributed by atoms with Crippen molar-refractivity contribution in [2.24, 2.45) is 5.73 Å². The van der Waals surface area contributed by atoms with Crippen molar-refractivity contribution in [3.63, 3.8) is 0 Å². The van der Waals surface area contributed by atoms with Crippen molar-refractivity contribution < 1.29 is 9.66 Å². The topological polar surface area (TPSA) is 90.4 Å². The first kappa shape index (κ1) is 18.0. The molecular weight excluding hydrogens is 329 g/mol. The summed E-state index contributed by atoms with van der Waals surface area (Å²) < 4.78 is 5.64. The summed E-state index contributed by atoms with van der Waals surface area (Å²) in [5, 5.41) is 14.1. The van der Waals surface area contributed by atoms with Crippen LogP contribution in [-0.2, 0) is 0 Å². The summed E-state index contributed by atoms with van der Waals surface area (Å²) in [6.45, 7) is 0.766. The second kappa shape index (κ2) is 8.43. The Balaban J connectivity index is 0.00000242. The summed E-state index contributed by atoms with van der Waals surface area (Å²) in [6.07, 6.45) is 0. The fraction of sp³-hybridized carbons (Fsp3) is 0.143. The van der Waals surface area contributed by atoms with Gasteiger partial charge in [-0.05, 0) is 12.1 Å². The lowest BCUT2D eigenvalue weighted by atomic mass is 10.2. The highest BCUT2D eigenvalue weighted by atomic mass is 35.5. The molecule has 2 rings (SSSR count). The number of hydrogen-bond donors (Lipinski definition) is 2. The molecule has 2 aromatic rings. The third kappa shape index (κ3) is 4.49. The molecule has 0 aliphatic heterocycles. The largest absolute Gasteiger partial charge is 0.456 e. The molecule has 0 aromatic heterocycles. The minimum atomic E-state index is -0.503. The lowest BCUT2D eigenvalue weighted by molar-refractivity contribution is -0.384. The van der Waals surface area contributed by atoms with Gasteiger partial charge in [-0.1, -0.05) is 29.8 Å². The molecule has 0 radical (unpaired) electrons. The molecule has 0 aliphatic carbocycles. The molecule has 0 fully saturated rings. The molecule has 0 saturated carbocycles. The molecule has 118 valence electrons. The molecule has 0 atom stereocenters. The normalized spacial score (nSPS) is 9.73. The Morgan fingerprint density at radius 3 is 2.55 bits per heavy atom. The Morgan fingerprint density at radius 2 is 1.95 bits per heavy atom. The van der Waals surface area contributed by atoms with E-state index >= 15 is 0 Å². The van der Waals surface area contributed by atoms with Crippen molar-refractivity contribution in [1.82, 2.24) is 0 Å². The molecule has 0 saturated heterocycles. The fourth-order valence-electron chi connectivity index (χ4n) is 1.74. The van der Waals surface area contributed by atoms with Crippen molar-refractivity contribution >= 4 is 35.4 Å². The molecule has 8 heteroatoms. The van der Waals surface area contributed by atoms with Crippen molar-refractivity contribution in [1.29, 1.82) is 0 Å². The molecule has 0 amide bonds. The number of nitrogens with two attached hydrogens (primary N) is 1. The molecular formula is C14H15Cl2N3O3. The second-order valence-electron chi connectivity index (χ2n) is 4.19. The van der Waals surface area contributed by atoms with Crippen molar-refractivity contribution in [3.8, 4) is 11.5 Å². The number of hydrogen-bond acceptors (Lipinski definition) is 5. The van der Waals surface area contributed by atoms with E-state index in [4.69, 9.17) is 22.1 Å².